The van der Waals surface area contributed by atoms with Crippen LogP contribution in [0.5, 0.6) is 0 Å². The smallest absolute Gasteiger partial charge is 0.249 e. The number of nitrogens with one attached hydrogen (secondary N) is 1. The first-order valence-corrected chi connectivity index (χ1v) is 9.93. The van der Waals surface area contributed by atoms with Crippen molar-refractivity contribution in [1.82, 2.24) is 15.2 Å². The third-order valence-electron chi connectivity index (χ3n) is 6.05. The van der Waals surface area contributed by atoms with Crippen LogP contribution in [-0.2, 0) is 20.7 Å². The summed E-state index contributed by atoms with van der Waals surface area (Å²) in [5.74, 6) is 0.577. The molecule has 3 aliphatic heterocycles. The highest BCUT2D eigenvalue weighted by molar-refractivity contribution is 5.81. The minimum atomic E-state index is -0.280. The largest absolute Gasteiger partial charge is 0.381 e. The molecule has 1 amide bonds. The molecule has 0 aliphatic carbocycles. The fourth-order valence-electron chi connectivity index (χ4n) is 4.50. The van der Waals surface area contributed by atoms with Crippen LogP contribution in [0.1, 0.15) is 31.2 Å². The molecule has 4 heterocycles. The summed E-state index contributed by atoms with van der Waals surface area (Å²) in [5, 5.41) is 3.04. The van der Waals surface area contributed by atoms with Gasteiger partial charge in [-0.3, -0.25) is 14.7 Å². The average molecular weight is 359 g/mol. The van der Waals surface area contributed by atoms with E-state index in [1.54, 1.807) is 12.4 Å². The standard InChI is InChI=1S/C20H29N3O3/c24-20(22-9-3-15-1-7-21-8-2-15)18-13-16-4-10-23(14-19(16)26-18)17-5-11-25-12-6-17/h1-2,7-8,16-19H,3-6,9-14H2,(H,22,24)/t16-,18-,19+/m0/s1. The summed E-state index contributed by atoms with van der Waals surface area (Å²) < 4.78 is 11.6. The van der Waals surface area contributed by atoms with Gasteiger partial charge in [-0.25, -0.2) is 0 Å². The van der Waals surface area contributed by atoms with Gasteiger partial charge in [-0.2, -0.15) is 0 Å². The second kappa shape index (κ2) is 8.46. The Balaban J connectivity index is 1.23. The molecule has 6 heteroatoms. The van der Waals surface area contributed by atoms with Crippen LogP contribution in [0.3, 0.4) is 0 Å². The number of ether oxygens (including phenoxy) is 2. The summed E-state index contributed by atoms with van der Waals surface area (Å²) in [6.45, 7) is 4.49. The third kappa shape index (κ3) is 4.24. The molecule has 0 bridgehead atoms. The van der Waals surface area contributed by atoms with E-state index in [9.17, 15) is 4.79 Å². The van der Waals surface area contributed by atoms with Gasteiger partial charge < -0.3 is 14.8 Å². The second-order valence-electron chi connectivity index (χ2n) is 7.68. The third-order valence-corrected chi connectivity index (χ3v) is 6.05. The first-order chi connectivity index (χ1) is 12.8. The molecule has 3 aliphatic rings. The Kier molecular flexibility index (Phi) is 5.82. The molecular formula is C20H29N3O3. The number of pyridine rings is 1. The number of amides is 1. The van der Waals surface area contributed by atoms with Crippen LogP contribution in [0.4, 0.5) is 0 Å². The molecule has 4 rings (SSSR count). The Hall–Kier alpha value is -1.50. The topological polar surface area (TPSA) is 63.7 Å². The number of carbonyl (C=O) groups is 1. The number of likely N-dealkylation sites (tertiary alicyclic amines) is 1. The minimum Gasteiger partial charge on any atom is -0.381 e. The molecule has 0 radical (unpaired) electrons. The SMILES string of the molecule is O=C(NCCc1ccncc1)[C@@H]1C[C@@H]2CCN(C3CCOCC3)C[C@H]2O1. The van der Waals surface area contributed by atoms with E-state index in [1.807, 2.05) is 12.1 Å². The van der Waals surface area contributed by atoms with Gasteiger partial charge in [-0.05, 0) is 62.3 Å². The number of hydrogen-bond acceptors (Lipinski definition) is 5. The highest BCUT2D eigenvalue weighted by Gasteiger charge is 2.42. The van der Waals surface area contributed by atoms with Crippen molar-refractivity contribution < 1.29 is 14.3 Å². The van der Waals surface area contributed by atoms with E-state index in [0.29, 0.717) is 18.5 Å². The van der Waals surface area contributed by atoms with Crippen molar-refractivity contribution in [1.29, 1.82) is 0 Å². The summed E-state index contributed by atoms with van der Waals surface area (Å²) >= 11 is 0. The van der Waals surface area contributed by atoms with E-state index in [2.05, 4.69) is 15.2 Å². The van der Waals surface area contributed by atoms with E-state index >= 15 is 0 Å². The van der Waals surface area contributed by atoms with Crippen molar-refractivity contribution in [2.75, 3.05) is 32.8 Å². The summed E-state index contributed by atoms with van der Waals surface area (Å²) in [5.41, 5.74) is 1.19. The fraction of sp³-hybridized carbons (Fsp3) is 0.700. The number of carbonyl (C=O) groups excluding carboxylic acids is 1. The maximum atomic E-state index is 12.5. The zero-order valence-electron chi connectivity index (χ0n) is 15.3. The van der Waals surface area contributed by atoms with Crippen LogP contribution >= 0.6 is 0 Å². The van der Waals surface area contributed by atoms with Crippen LogP contribution < -0.4 is 5.32 Å². The van der Waals surface area contributed by atoms with Gasteiger partial charge in [0.2, 0.25) is 5.91 Å². The molecule has 26 heavy (non-hydrogen) atoms. The lowest BCUT2D eigenvalue weighted by Crippen LogP contribution is -2.49. The number of fused-ring (bicyclic) bond motifs is 1. The summed E-state index contributed by atoms with van der Waals surface area (Å²) in [7, 11) is 0. The minimum absolute atomic E-state index is 0.0473. The van der Waals surface area contributed by atoms with E-state index < -0.39 is 0 Å². The summed E-state index contributed by atoms with van der Waals surface area (Å²) in [6.07, 6.45) is 8.58. The van der Waals surface area contributed by atoms with Gasteiger partial charge in [0.25, 0.3) is 0 Å². The van der Waals surface area contributed by atoms with Gasteiger partial charge in [0.1, 0.15) is 6.10 Å². The zero-order valence-corrected chi connectivity index (χ0v) is 15.3. The van der Waals surface area contributed by atoms with Gasteiger partial charge >= 0.3 is 0 Å². The number of nitrogens with zero attached hydrogens (tertiary/aromatic N) is 2. The molecule has 0 unspecified atom stereocenters. The molecule has 3 fully saturated rings. The van der Waals surface area contributed by atoms with Crippen molar-refractivity contribution in [3.05, 3.63) is 30.1 Å². The van der Waals surface area contributed by atoms with E-state index in [0.717, 1.165) is 58.4 Å². The second-order valence-corrected chi connectivity index (χ2v) is 7.68. The van der Waals surface area contributed by atoms with Gasteiger partial charge in [-0.15, -0.1) is 0 Å². The Morgan fingerprint density at radius 2 is 2.04 bits per heavy atom. The van der Waals surface area contributed by atoms with Gasteiger partial charge in [0, 0.05) is 44.7 Å². The van der Waals surface area contributed by atoms with Crippen molar-refractivity contribution in [3.63, 3.8) is 0 Å². The molecule has 142 valence electrons. The first-order valence-electron chi connectivity index (χ1n) is 9.93. The molecule has 1 N–H and O–H groups in total. The van der Waals surface area contributed by atoms with Gasteiger partial charge in [0.15, 0.2) is 0 Å². The highest BCUT2D eigenvalue weighted by atomic mass is 16.5. The maximum absolute atomic E-state index is 12.5. The summed E-state index contributed by atoms with van der Waals surface area (Å²) in [6, 6.07) is 4.59. The Labute approximate surface area is 155 Å². The molecule has 6 nitrogen and oxygen atoms in total. The Morgan fingerprint density at radius 3 is 2.85 bits per heavy atom. The van der Waals surface area contributed by atoms with Crippen LogP contribution in [0.25, 0.3) is 0 Å². The van der Waals surface area contributed by atoms with E-state index in [1.165, 1.54) is 5.56 Å². The molecular weight excluding hydrogens is 330 g/mol. The first kappa shape index (κ1) is 17.9. The van der Waals surface area contributed by atoms with Gasteiger partial charge in [-0.1, -0.05) is 0 Å². The fourth-order valence-corrected chi connectivity index (χ4v) is 4.50. The number of hydrogen-bond donors (Lipinski definition) is 1. The van der Waals surface area contributed by atoms with Crippen molar-refractivity contribution >= 4 is 5.91 Å². The number of aromatic nitrogens is 1. The lowest BCUT2D eigenvalue weighted by molar-refractivity contribution is -0.133. The number of piperidine rings is 1. The van der Waals surface area contributed by atoms with Crippen LogP contribution in [0.2, 0.25) is 0 Å². The monoisotopic (exact) mass is 359 g/mol. The maximum Gasteiger partial charge on any atom is 0.249 e. The van der Waals surface area contributed by atoms with Crippen LogP contribution in [0, 0.1) is 5.92 Å². The summed E-state index contributed by atoms with van der Waals surface area (Å²) in [4.78, 5) is 19.1. The zero-order chi connectivity index (χ0) is 17.8. The van der Waals surface area contributed by atoms with Crippen molar-refractivity contribution in [2.45, 2.75) is 50.4 Å². The molecule has 0 aromatic carbocycles. The van der Waals surface area contributed by atoms with E-state index in [4.69, 9.17) is 9.47 Å². The lowest BCUT2D eigenvalue weighted by atomic mass is 9.90. The lowest BCUT2D eigenvalue weighted by Gasteiger charge is -2.40. The normalized spacial score (nSPS) is 30.1. The highest BCUT2D eigenvalue weighted by Crippen LogP contribution is 2.34. The molecule has 1 aromatic heterocycles. The quantitative estimate of drug-likeness (QED) is 0.861. The number of rotatable bonds is 5. The Bertz CT molecular complexity index is 591. The average Bonchev–Trinajstić information content (AvgIpc) is 3.13. The molecule has 0 spiro atoms. The van der Waals surface area contributed by atoms with Crippen molar-refractivity contribution in [3.8, 4) is 0 Å². The molecule has 3 saturated heterocycles. The molecule has 0 saturated carbocycles. The van der Waals surface area contributed by atoms with Gasteiger partial charge in [0.05, 0.1) is 6.10 Å². The van der Waals surface area contributed by atoms with Crippen LogP contribution in [0.15, 0.2) is 24.5 Å². The van der Waals surface area contributed by atoms with Crippen LogP contribution in [-0.4, -0.2) is 66.9 Å². The predicted octanol–water partition coefficient (Wildman–Crippen LogP) is 1.40. The Morgan fingerprint density at radius 1 is 1.23 bits per heavy atom. The predicted molar refractivity (Wildman–Crippen MR) is 97.7 cm³/mol. The van der Waals surface area contributed by atoms with E-state index in [-0.39, 0.29) is 18.1 Å². The molecule has 1 aromatic rings. The molecule has 3 atom stereocenters. The van der Waals surface area contributed by atoms with Crippen molar-refractivity contribution in [2.24, 2.45) is 5.92 Å².